The maximum Gasteiger partial charge on any atom is 0.317 e. The molecule has 3 aliphatic rings. The molecule has 1 heterocycles. The van der Waals surface area contributed by atoms with Crippen molar-refractivity contribution in [1.29, 1.82) is 0 Å². The van der Waals surface area contributed by atoms with Gasteiger partial charge in [-0.25, -0.2) is 4.79 Å². The number of hydrogen-bond donors (Lipinski definition) is 1. The first-order chi connectivity index (χ1) is 12.5. The molecule has 3 rings (SSSR count). The summed E-state index contributed by atoms with van der Waals surface area (Å²) in [6, 6.07) is 0.925. The molecule has 0 aromatic heterocycles. The van der Waals surface area contributed by atoms with Gasteiger partial charge >= 0.3 is 6.03 Å². The monoisotopic (exact) mass is 364 g/mol. The quantitative estimate of drug-likeness (QED) is 0.787. The van der Waals surface area contributed by atoms with Gasteiger partial charge in [0.05, 0.1) is 6.54 Å². The van der Waals surface area contributed by atoms with Crippen molar-refractivity contribution in [3.8, 4) is 0 Å². The van der Waals surface area contributed by atoms with Crippen molar-refractivity contribution in [2.75, 3.05) is 39.3 Å². The van der Waals surface area contributed by atoms with Gasteiger partial charge in [0.25, 0.3) is 0 Å². The Hall–Kier alpha value is -1.30. The number of hydrogen-bond acceptors (Lipinski definition) is 3. The van der Waals surface area contributed by atoms with E-state index < -0.39 is 0 Å². The molecule has 0 spiro atoms. The first-order valence-corrected chi connectivity index (χ1v) is 10.6. The third-order valence-corrected chi connectivity index (χ3v) is 5.82. The summed E-state index contributed by atoms with van der Waals surface area (Å²) in [5, 5.41) is 3.20. The molecule has 26 heavy (non-hydrogen) atoms. The molecule has 0 atom stereocenters. The fourth-order valence-electron chi connectivity index (χ4n) is 4.14. The molecule has 0 unspecified atom stereocenters. The van der Waals surface area contributed by atoms with Crippen LogP contribution in [0.3, 0.4) is 0 Å². The molecule has 2 saturated carbocycles. The zero-order valence-corrected chi connectivity index (χ0v) is 16.6. The van der Waals surface area contributed by atoms with Crippen LogP contribution in [-0.4, -0.2) is 78.0 Å². The fraction of sp³-hybridized carbons (Fsp3) is 0.900. The molecule has 148 valence electrons. The standard InChI is InChI=1S/C20H36N4O2/c1-16(2)14-24(18-8-9-18)19(25)15-22-10-12-23(13-11-22)20(26)21-17-6-4-3-5-7-17/h16-18H,3-15H2,1-2H3,(H,21,26). The van der Waals surface area contributed by atoms with Crippen molar-refractivity contribution in [3.05, 3.63) is 0 Å². The summed E-state index contributed by atoms with van der Waals surface area (Å²) in [6.07, 6.45) is 8.32. The second-order valence-electron chi connectivity index (χ2n) is 8.72. The largest absolute Gasteiger partial charge is 0.338 e. The van der Waals surface area contributed by atoms with Crippen molar-refractivity contribution in [3.63, 3.8) is 0 Å². The molecule has 3 fully saturated rings. The molecule has 0 bridgehead atoms. The predicted octanol–water partition coefficient (Wildman–Crippen LogP) is 2.29. The molecule has 6 heteroatoms. The van der Waals surface area contributed by atoms with E-state index in [1.54, 1.807) is 0 Å². The Morgan fingerprint density at radius 1 is 1.00 bits per heavy atom. The lowest BCUT2D eigenvalue weighted by molar-refractivity contribution is -0.133. The van der Waals surface area contributed by atoms with Gasteiger partial charge in [0.1, 0.15) is 0 Å². The van der Waals surface area contributed by atoms with Crippen molar-refractivity contribution in [2.24, 2.45) is 5.92 Å². The average molecular weight is 365 g/mol. The van der Waals surface area contributed by atoms with Crippen LogP contribution in [0.1, 0.15) is 58.8 Å². The Kier molecular flexibility index (Phi) is 6.79. The number of nitrogens with zero attached hydrogens (tertiary/aromatic N) is 3. The lowest BCUT2D eigenvalue weighted by Crippen LogP contribution is -2.55. The van der Waals surface area contributed by atoms with Crippen LogP contribution in [0.15, 0.2) is 0 Å². The molecular formula is C20H36N4O2. The van der Waals surface area contributed by atoms with E-state index in [9.17, 15) is 9.59 Å². The molecule has 2 aliphatic carbocycles. The van der Waals surface area contributed by atoms with E-state index in [0.717, 1.165) is 58.4 Å². The zero-order chi connectivity index (χ0) is 18.5. The Labute approximate surface area is 158 Å². The third-order valence-electron chi connectivity index (χ3n) is 5.82. The van der Waals surface area contributed by atoms with E-state index in [1.807, 2.05) is 4.90 Å². The second-order valence-corrected chi connectivity index (χ2v) is 8.72. The molecule has 1 saturated heterocycles. The highest BCUT2D eigenvalue weighted by Crippen LogP contribution is 2.27. The first kappa shape index (κ1) is 19.5. The fourth-order valence-corrected chi connectivity index (χ4v) is 4.14. The second kappa shape index (κ2) is 9.07. The number of nitrogens with one attached hydrogen (secondary N) is 1. The van der Waals surface area contributed by atoms with E-state index in [0.29, 0.717) is 24.5 Å². The number of carbonyl (C=O) groups is 2. The molecule has 1 aliphatic heterocycles. The van der Waals surface area contributed by atoms with Gasteiger partial charge in [0.15, 0.2) is 0 Å². The van der Waals surface area contributed by atoms with Crippen molar-refractivity contribution >= 4 is 11.9 Å². The van der Waals surface area contributed by atoms with Gasteiger partial charge in [0, 0.05) is 44.8 Å². The third kappa shape index (κ3) is 5.60. The highest BCUT2D eigenvalue weighted by atomic mass is 16.2. The average Bonchev–Trinajstić information content (AvgIpc) is 3.46. The molecule has 0 aromatic carbocycles. The van der Waals surface area contributed by atoms with E-state index in [4.69, 9.17) is 0 Å². The van der Waals surface area contributed by atoms with Crippen molar-refractivity contribution in [1.82, 2.24) is 20.0 Å². The first-order valence-electron chi connectivity index (χ1n) is 10.6. The van der Waals surface area contributed by atoms with Gasteiger partial charge in [-0.1, -0.05) is 33.1 Å². The number of rotatable bonds is 6. The van der Waals surface area contributed by atoms with Crippen LogP contribution in [0.4, 0.5) is 4.79 Å². The number of urea groups is 1. The summed E-state index contributed by atoms with van der Waals surface area (Å²) in [5.41, 5.74) is 0. The maximum atomic E-state index is 12.7. The predicted molar refractivity (Wildman–Crippen MR) is 103 cm³/mol. The number of carbonyl (C=O) groups excluding carboxylic acids is 2. The minimum atomic E-state index is 0.0855. The van der Waals surface area contributed by atoms with Gasteiger partial charge < -0.3 is 15.1 Å². The van der Waals surface area contributed by atoms with Crippen molar-refractivity contribution in [2.45, 2.75) is 70.9 Å². The highest BCUT2D eigenvalue weighted by molar-refractivity contribution is 5.79. The summed E-state index contributed by atoms with van der Waals surface area (Å²) in [6.45, 7) is 8.75. The molecule has 6 nitrogen and oxygen atoms in total. The summed E-state index contributed by atoms with van der Waals surface area (Å²) < 4.78 is 0. The summed E-state index contributed by atoms with van der Waals surface area (Å²) >= 11 is 0. The van der Waals surface area contributed by atoms with Crippen LogP contribution in [0.2, 0.25) is 0 Å². The Morgan fingerprint density at radius 2 is 1.65 bits per heavy atom. The Morgan fingerprint density at radius 3 is 2.23 bits per heavy atom. The number of piperazine rings is 1. The molecule has 0 radical (unpaired) electrons. The van der Waals surface area contributed by atoms with Gasteiger partial charge in [-0.3, -0.25) is 9.69 Å². The maximum absolute atomic E-state index is 12.7. The van der Waals surface area contributed by atoms with Crippen LogP contribution in [0.25, 0.3) is 0 Å². The number of amides is 3. The molecule has 1 N–H and O–H groups in total. The molecule has 3 amide bonds. The smallest absolute Gasteiger partial charge is 0.317 e. The van der Waals surface area contributed by atoms with Crippen LogP contribution in [-0.2, 0) is 4.79 Å². The topological polar surface area (TPSA) is 55.9 Å². The lowest BCUT2D eigenvalue weighted by atomic mass is 9.96. The van der Waals surface area contributed by atoms with Crippen LogP contribution >= 0.6 is 0 Å². The SMILES string of the molecule is CC(C)CN(C(=O)CN1CCN(C(=O)NC2CCCCC2)CC1)C1CC1. The minimum Gasteiger partial charge on any atom is -0.338 e. The zero-order valence-electron chi connectivity index (χ0n) is 16.6. The van der Waals surface area contributed by atoms with E-state index >= 15 is 0 Å². The van der Waals surface area contributed by atoms with Gasteiger partial charge in [-0.2, -0.15) is 0 Å². The van der Waals surface area contributed by atoms with E-state index in [-0.39, 0.29) is 11.9 Å². The van der Waals surface area contributed by atoms with E-state index in [2.05, 4.69) is 29.0 Å². The summed E-state index contributed by atoms with van der Waals surface area (Å²) in [5.74, 6) is 0.779. The van der Waals surface area contributed by atoms with Crippen LogP contribution in [0, 0.1) is 5.92 Å². The van der Waals surface area contributed by atoms with Gasteiger partial charge in [-0.15, -0.1) is 0 Å². The van der Waals surface area contributed by atoms with Crippen LogP contribution < -0.4 is 5.32 Å². The van der Waals surface area contributed by atoms with Crippen LogP contribution in [0.5, 0.6) is 0 Å². The molecular weight excluding hydrogens is 328 g/mol. The normalized spacial score (nSPS) is 22.5. The molecule has 0 aromatic rings. The van der Waals surface area contributed by atoms with Crippen molar-refractivity contribution < 1.29 is 9.59 Å². The highest BCUT2D eigenvalue weighted by Gasteiger charge is 2.34. The Balaban J connectivity index is 1.40. The van der Waals surface area contributed by atoms with Gasteiger partial charge in [0.2, 0.25) is 5.91 Å². The minimum absolute atomic E-state index is 0.0855. The van der Waals surface area contributed by atoms with E-state index in [1.165, 1.54) is 19.3 Å². The summed E-state index contributed by atoms with van der Waals surface area (Å²) in [4.78, 5) is 31.4. The Bertz CT molecular complexity index is 478. The summed E-state index contributed by atoms with van der Waals surface area (Å²) in [7, 11) is 0. The lowest BCUT2D eigenvalue weighted by Gasteiger charge is -2.36. The van der Waals surface area contributed by atoms with Gasteiger partial charge in [-0.05, 0) is 31.6 Å².